The monoisotopic (exact) mass is 225 g/mol. The van der Waals surface area contributed by atoms with Gasteiger partial charge in [0.25, 0.3) is 10.1 Å². The van der Waals surface area contributed by atoms with E-state index in [1.165, 1.54) is 0 Å². The third-order valence-corrected chi connectivity index (χ3v) is 3.18. The largest absolute Gasteiger partial charge is 0.389 e. The van der Waals surface area contributed by atoms with Gasteiger partial charge in [0.15, 0.2) is 0 Å². The highest BCUT2D eigenvalue weighted by Gasteiger charge is 2.34. The number of hydrogen-bond acceptors (Lipinski definition) is 4. The summed E-state index contributed by atoms with van der Waals surface area (Å²) in [5.41, 5.74) is -1.58. The zero-order chi connectivity index (χ0) is 11.6. The van der Waals surface area contributed by atoms with Crippen LogP contribution in [0.2, 0.25) is 0 Å². The molecular formula is C8H19NO4S. The van der Waals surface area contributed by atoms with Crippen LogP contribution in [0.3, 0.4) is 0 Å². The fourth-order valence-corrected chi connectivity index (χ4v) is 1.07. The summed E-state index contributed by atoms with van der Waals surface area (Å²) in [4.78, 5) is 0. The van der Waals surface area contributed by atoms with Gasteiger partial charge in [-0.2, -0.15) is 8.42 Å². The average Bonchev–Trinajstić information content (AvgIpc) is 1.80. The summed E-state index contributed by atoms with van der Waals surface area (Å²) in [5.74, 6) is -0.355. The molecule has 86 valence electrons. The summed E-state index contributed by atoms with van der Waals surface area (Å²) in [5, 5.41) is 12.6. The van der Waals surface area contributed by atoms with Crippen molar-refractivity contribution in [2.45, 2.75) is 38.8 Å². The minimum atomic E-state index is -3.94. The molecule has 0 aliphatic rings. The zero-order valence-electron chi connectivity index (χ0n) is 9.03. The van der Waals surface area contributed by atoms with E-state index in [4.69, 9.17) is 4.55 Å². The Labute approximate surface area is 85.3 Å². The third-order valence-electron chi connectivity index (χ3n) is 2.46. The zero-order valence-corrected chi connectivity index (χ0v) is 9.85. The van der Waals surface area contributed by atoms with Gasteiger partial charge < -0.3 is 10.4 Å². The lowest BCUT2D eigenvalue weighted by atomic mass is 9.86. The van der Waals surface area contributed by atoms with Crippen LogP contribution in [0.1, 0.15) is 27.7 Å². The Balaban J connectivity index is 4.15. The van der Waals surface area contributed by atoms with Crippen LogP contribution in [0.25, 0.3) is 0 Å². The smallest absolute Gasteiger partial charge is 0.266 e. The molecule has 5 nitrogen and oxygen atoms in total. The lowest BCUT2D eigenvalue weighted by molar-refractivity contribution is -0.00350. The number of hydrogen-bond donors (Lipinski definition) is 3. The van der Waals surface area contributed by atoms with Crippen LogP contribution < -0.4 is 5.32 Å². The number of aliphatic hydroxyl groups is 1. The lowest BCUT2D eigenvalue weighted by Gasteiger charge is -2.38. The summed E-state index contributed by atoms with van der Waals surface area (Å²) < 4.78 is 29.3. The first-order valence-electron chi connectivity index (χ1n) is 4.38. The molecule has 3 N–H and O–H groups in total. The van der Waals surface area contributed by atoms with E-state index in [-0.39, 0.29) is 12.3 Å². The van der Waals surface area contributed by atoms with Crippen LogP contribution in [0.15, 0.2) is 0 Å². The molecule has 0 saturated carbocycles. The quantitative estimate of drug-likeness (QED) is 0.574. The van der Waals surface area contributed by atoms with Crippen molar-refractivity contribution in [3.05, 3.63) is 0 Å². The molecule has 0 spiro atoms. The molecule has 0 radical (unpaired) electrons. The maximum atomic E-state index is 10.4. The minimum Gasteiger partial charge on any atom is -0.389 e. The predicted molar refractivity (Wildman–Crippen MR) is 54.8 cm³/mol. The van der Waals surface area contributed by atoms with Crippen LogP contribution in [0, 0.1) is 0 Å². The van der Waals surface area contributed by atoms with Gasteiger partial charge in [-0.05, 0) is 27.7 Å². The maximum Gasteiger partial charge on any atom is 0.266 e. The van der Waals surface area contributed by atoms with E-state index in [9.17, 15) is 13.5 Å². The van der Waals surface area contributed by atoms with Crippen LogP contribution in [0.4, 0.5) is 0 Å². The second-order valence-electron chi connectivity index (χ2n) is 4.40. The van der Waals surface area contributed by atoms with Crippen molar-refractivity contribution in [1.82, 2.24) is 5.32 Å². The summed E-state index contributed by atoms with van der Waals surface area (Å²) in [6.45, 7) is 6.89. The Bertz CT molecular complexity index is 276. The van der Waals surface area contributed by atoms with Crippen LogP contribution in [0.5, 0.6) is 0 Å². The number of rotatable bonds is 5. The van der Waals surface area contributed by atoms with Gasteiger partial charge in [0.1, 0.15) is 0 Å². The minimum absolute atomic E-state index is 0.107. The van der Waals surface area contributed by atoms with Crippen LogP contribution >= 0.6 is 0 Å². The average molecular weight is 225 g/mol. The highest BCUT2D eigenvalue weighted by atomic mass is 32.2. The van der Waals surface area contributed by atoms with Crippen molar-refractivity contribution in [2.75, 3.05) is 12.3 Å². The van der Waals surface area contributed by atoms with E-state index in [1.54, 1.807) is 27.7 Å². The highest BCUT2D eigenvalue weighted by Crippen LogP contribution is 2.19. The van der Waals surface area contributed by atoms with Crippen molar-refractivity contribution in [3.63, 3.8) is 0 Å². The Morgan fingerprint density at radius 3 is 1.93 bits per heavy atom. The highest BCUT2D eigenvalue weighted by molar-refractivity contribution is 7.85. The first-order chi connectivity index (χ1) is 5.96. The standard InChI is InChI=1S/C8H19NO4S/c1-7(2,8(3,4)10)9-5-6-14(11,12)13/h9-10H,5-6H2,1-4H3,(H,11,12,13). The first kappa shape index (κ1) is 13.8. The van der Waals surface area contributed by atoms with Crippen molar-refractivity contribution < 1.29 is 18.1 Å². The molecule has 0 fully saturated rings. The summed E-state index contributed by atoms with van der Waals surface area (Å²) >= 11 is 0. The van der Waals surface area contributed by atoms with Gasteiger partial charge in [-0.3, -0.25) is 4.55 Å². The van der Waals surface area contributed by atoms with E-state index in [1.807, 2.05) is 0 Å². The third kappa shape index (κ3) is 4.90. The fourth-order valence-electron chi connectivity index (χ4n) is 0.709. The van der Waals surface area contributed by atoms with Crippen molar-refractivity contribution >= 4 is 10.1 Å². The molecule has 0 aliphatic carbocycles. The molecule has 14 heavy (non-hydrogen) atoms. The first-order valence-corrected chi connectivity index (χ1v) is 5.99. The van der Waals surface area contributed by atoms with E-state index >= 15 is 0 Å². The molecule has 0 heterocycles. The molecule has 0 aromatic heterocycles. The number of nitrogens with one attached hydrogen (secondary N) is 1. The Hall–Kier alpha value is -0.170. The van der Waals surface area contributed by atoms with Crippen LogP contribution in [-0.2, 0) is 10.1 Å². The SMILES string of the molecule is CC(C)(O)C(C)(C)NCCS(=O)(=O)O. The summed E-state index contributed by atoms with van der Waals surface area (Å²) in [6.07, 6.45) is 0. The molecule has 0 rings (SSSR count). The van der Waals surface area contributed by atoms with Crippen molar-refractivity contribution in [2.24, 2.45) is 0 Å². The van der Waals surface area contributed by atoms with Gasteiger partial charge in [0.2, 0.25) is 0 Å². The van der Waals surface area contributed by atoms with E-state index < -0.39 is 21.3 Å². The molecule has 0 amide bonds. The molecule has 0 aliphatic heterocycles. The Kier molecular flexibility index (Phi) is 4.09. The lowest BCUT2D eigenvalue weighted by Crippen LogP contribution is -2.56. The van der Waals surface area contributed by atoms with E-state index in [0.717, 1.165) is 0 Å². The molecule has 0 saturated heterocycles. The Morgan fingerprint density at radius 2 is 1.64 bits per heavy atom. The maximum absolute atomic E-state index is 10.4. The van der Waals surface area contributed by atoms with Crippen LogP contribution in [-0.4, -0.2) is 41.5 Å². The summed E-state index contributed by atoms with van der Waals surface area (Å²) in [7, 11) is -3.94. The van der Waals surface area contributed by atoms with Crippen molar-refractivity contribution in [3.8, 4) is 0 Å². The molecule has 0 aromatic rings. The van der Waals surface area contributed by atoms with E-state index in [2.05, 4.69) is 5.32 Å². The Morgan fingerprint density at radius 1 is 1.21 bits per heavy atom. The normalized spacial score (nSPS) is 14.4. The predicted octanol–water partition coefficient (Wildman–Crippen LogP) is 0.0133. The molecule has 0 aromatic carbocycles. The van der Waals surface area contributed by atoms with Gasteiger partial charge in [-0.15, -0.1) is 0 Å². The van der Waals surface area contributed by atoms with Crippen molar-refractivity contribution in [1.29, 1.82) is 0 Å². The fraction of sp³-hybridized carbons (Fsp3) is 1.00. The van der Waals surface area contributed by atoms with Gasteiger partial charge in [-0.1, -0.05) is 0 Å². The second-order valence-corrected chi connectivity index (χ2v) is 5.97. The topological polar surface area (TPSA) is 86.6 Å². The van der Waals surface area contributed by atoms with Gasteiger partial charge >= 0.3 is 0 Å². The molecule has 0 unspecified atom stereocenters. The van der Waals surface area contributed by atoms with E-state index in [0.29, 0.717) is 0 Å². The molecule has 0 bridgehead atoms. The van der Waals surface area contributed by atoms with Gasteiger partial charge in [0.05, 0.1) is 11.4 Å². The molecular weight excluding hydrogens is 206 g/mol. The van der Waals surface area contributed by atoms with Gasteiger partial charge in [-0.25, -0.2) is 0 Å². The summed E-state index contributed by atoms with van der Waals surface area (Å²) in [6, 6.07) is 0. The second kappa shape index (κ2) is 4.14. The molecule has 0 atom stereocenters. The van der Waals surface area contributed by atoms with Gasteiger partial charge in [0, 0.05) is 12.1 Å². The molecule has 6 heteroatoms.